The average Bonchev–Trinajstić information content (AvgIpc) is 2.36. The molecule has 9 heteroatoms. The van der Waals surface area contributed by atoms with Crippen molar-refractivity contribution in [3.63, 3.8) is 0 Å². The number of nitrogens with one attached hydrogen (secondary N) is 1. The fraction of sp³-hybridized carbons (Fsp3) is 0.250. The van der Waals surface area contributed by atoms with E-state index in [2.05, 4.69) is 0 Å². The van der Waals surface area contributed by atoms with Gasteiger partial charge in [-0.3, -0.25) is 9.59 Å². The number of carbonyl (C=O) groups is 2. The zero-order chi connectivity index (χ0) is 16.0. The highest BCUT2D eigenvalue weighted by atomic mass is 32.2. The molecule has 0 aliphatic heterocycles. The Hall–Kier alpha value is -2.44. The van der Waals surface area contributed by atoms with E-state index in [9.17, 15) is 18.0 Å². The Bertz CT molecular complexity index is 692. The molecular formula is C12H12N2O6S. The lowest BCUT2D eigenvalue weighted by Crippen LogP contribution is -2.42. The van der Waals surface area contributed by atoms with Gasteiger partial charge in [0.05, 0.1) is 23.8 Å². The van der Waals surface area contributed by atoms with Crippen molar-refractivity contribution in [1.82, 2.24) is 4.72 Å². The number of rotatable bonds is 7. The molecule has 1 atom stereocenters. The van der Waals surface area contributed by atoms with E-state index < -0.39 is 40.2 Å². The number of carboxylic acids is 2. The molecule has 0 aliphatic carbocycles. The van der Waals surface area contributed by atoms with Crippen LogP contribution in [0.1, 0.15) is 17.5 Å². The predicted molar refractivity (Wildman–Crippen MR) is 70.6 cm³/mol. The van der Waals surface area contributed by atoms with Gasteiger partial charge in [0.2, 0.25) is 10.0 Å². The molecule has 1 aromatic rings. The lowest BCUT2D eigenvalue weighted by molar-refractivity contribution is -0.145. The summed E-state index contributed by atoms with van der Waals surface area (Å²) >= 11 is 0. The molecule has 3 N–H and O–H groups in total. The number of aliphatic carboxylic acids is 2. The monoisotopic (exact) mass is 312 g/mol. The summed E-state index contributed by atoms with van der Waals surface area (Å²) in [6.45, 7) is 0. The summed E-state index contributed by atoms with van der Waals surface area (Å²) in [6.07, 6.45) is -0.868. The second-order valence-corrected chi connectivity index (χ2v) is 5.93. The molecule has 0 amide bonds. The molecule has 0 spiro atoms. The Labute approximate surface area is 120 Å². The highest BCUT2D eigenvalue weighted by molar-refractivity contribution is 7.88. The lowest BCUT2D eigenvalue weighted by atomic mass is 10.2. The quantitative estimate of drug-likeness (QED) is 0.637. The van der Waals surface area contributed by atoms with Crippen molar-refractivity contribution in [2.75, 3.05) is 0 Å². The minimum absolute atomic E-state index is 0.267. The number of benzene rings is 1. The smallest absolute Gasteiger partial charge is 0.322 e. The molecule has 0 aromatic heterocycles. The molecule has 0 saturated carbocycles. The summed E-state index contributed by atoms with van der Waals surface area (Å²) in [5.74, 6) is -3.56. The molecule has 0 bridgehead atoms. The van der Waals surface area contributed by atoms with Crippen molar-refractivity contribution in [3.8, 4) is 6.07 Å². The topological polar surface area (TPSA) is 145 Å². The number of hydrogen-bond donors (Lipinski definition) is 3. The summed E-state index contributed by atoms with van der Waals surface area (Å²) in [5, 5.41) is 26.1. The summed E-state index contributed by atoms with van der Waals surface area (Å²) in [6, 6.07) is 5.92. The lowest BCUT2D eigenvalue weighted by Gasteiger charge is -2.13. The third-order valence-electron chi connectivity index (χ3n) is 2.41. The Balaban J connectivity index is 2.87. The number of carboxylic acid groups (broad SMARTS) is 2. The van der Waals surface area contributed by atoms with Crippen LogP contribution in [0.25, 0.3) is 0 Å². The maximum Gasteiger partial charge on any atom is 0.322 e. The third-order valence-corrected chi connectivity index (χ3v) is 3.77. The number of nitriles is 1. The third kappa shape index (κ3) is 5.60. The van der Waals surface area contributed by atoms with Crippen molar-refractivity contribution >= 4 is 22.0 Å². The number of hydrogen-bond acceptors (Lipinski definition) is 5. The van der Waals surface area contributed by atoms with Crippen molar-refractivity contribution in [2.24, 2.45) is 0 Å². The van der Waals surface area contributed by atoms with Crippen LogP contribution in [0.2, 0.25) is 0 Å². The van der Waals surface area contributed by atoms with Crippen LogP contribution < -0.4 is 4.72 Å². The molecule has 1 aromatic carbocycles. The highest BCUT2D eigenvalue weighted by Crippen LogP contribution is 2.09. The Morgan fingerprint density at radius 2 is 2.00 bits per heavy atom. The van der Waals surface area contributed by atoms with Crippen LogP contribution in [0.5, 0.6) is 0 Å². The molecular weight excluding hydrogens is 300 g/mol. The first-order valence-electron chi connectivity index (χ1n) is 5.67. The fourth-order valence-electron chi connectivity index (χ4n) is 1.56. The van der Waals surface area contributed by atoms with E-state index in [-0.39, 0.29) is 5.56 Å². The largest absolute Gasteiger partial charge is 0.481 e. The minimum Gasteiger partial charge on any atom is -0.481 e. The van der Waals surface area contributed by atoms with E-state index in [4.69, 9.17) is 15.5 Å². The maximum atomic E-state index is 11.8. The van der Waals surface area contributed by atoms with Gasteiger partial charge < -0.3 is 10.2 Å². The molecule has 0 unspecified atom stereocenters. The Morgan fingerprint density at radius 1 is 1.33 bits per heavy atom. The van der Waals surface area contributed by atoms with Gasteiger partial charge in [-0.2, -0.15) is 5.26 Å². The summed E-state index contributed by atoms with van der Waals surface area (Å²) in [4.78, 5) is 21.3. The van der Waals surface area contributed by atoms with Crippen molar-refractivity contribution < 1.29 is 28.2 Å². The van der Waals surface area contributed by atoms with E-state index in [1.807, 2.05) is 10.8 Å². The predicted octanol–water partition coefficient (Wildman–Crippen LogP) is -0.0944. The molecule has 0 aliphatic rings. The summed E-state index contributed by atoms with van der Waals surface area (Å²) in [7, 11) is -4.05. The fourth-order valence-corrected chi connectivity index (χ4v) is 2.88. The van der Waals surface area contributed by atoms with Crippen LogP contribution in [0.4, 0.5) is 0 Å². The first kappa shape index (κ1) is 16.6. The van der Waals surface area contributed by atoms with Gasteiger partial charge in [-0.25, -0.2) is 13.1 Å². The molecule has 8 nitrogen and oxygen atoms in total. The highest BCUT2D eigenvalue weighted by Gasteiger charge is 2.26. The van der Waals surface area contributed by atoms with Crippen LogP contribution in [-0.4, -0.2) is 36.6 Å². The SMILES string of the molecule is N#Cc1cccc(CS(=O)(=O)N[C@H](CC(=O)O)C(=O)O)c1. The van der Waals surface area contributed by atoms with Crippen LogP contribution >= 0.6 is 0 Å². The Morgan fingerprint density at radius 3 is 2.52 bits per heavy atom. The molecule has 1 rings (SSSR count). The van der Waals surface area contributed by atoms with Gasteiger partial charge in [0, 0.05) is 0 Å². The van der Waals surface area contributed by atoms with Crippen LogP contribution in [0.3, 0.4) is 0 Å². The van der Waals surface area contributed by atoms with E-state index in [1.165, 1.54) is 24.3 Å². The molecule has 0 fully saturated rings. The van der Waals surface area contributed by atoms with Gasteiger partial charge >= 0.3 is 11.9 Å². The van der Waals surface area contributed by atoms with Crippen LogP contribution in [-0.2, 0) is 25.4 Å². The maximum absolute atomic E-state index is 11.8. The Kier molecular flexibility index (Phi) is 5.40. The van der Waals surface area contributed by atoms with Gasteiger partial charge in [-0.15, -0.1) is 0 Å². The molecule has 21 heavy (non-hydrogen) atoms. The van der Waals surface area contributed by atoms with Crippen LogP contribution in [0, 0.1) is 11.3 Å². The first-order valence-corrected chi connectivity index (χ1v) is 7.32. The van der Waals surface area contributed by atoms with Gasteiger partial charge in [0.25, 0.3) is 0 Å². The zero-order valence-corrected chi connectivity index (χ0v) is 11.5. The molecule has 0 saturated heterocycles. The normalized spacial score (nSPS) is 12.3. The average molecular weight is 312 g/mol. The number of sulfonamides is 1. The van der Waals surface area contributed by atoms with Gasteiger partial charge in [0.15, 0.2) is 0 Å². The molecule has 0 heterocycles. The molecule has 0 radical (unpaired) electrons. The van der Waals surface area contributed by atoms with Crippen molar-refractivity contribution in [2.45, 2.75) is 18.2 Å². The van der Waals surface area contributed by atoms with Gasteiger partial charge in [-0.05, 0) is 17.7 Å². The number of nitrogens with zero attached hydrogens (tertiary/aromatic N) is 1. The standard InChI is InChI=1S/C12H12N2O6S/c13-6-8-2-1-3-9(4-8)7-21(19,20)14-10(12(17)18)5-11(15)16/h1-4,10,14H,5,7H2,(H,15,16)(H,17,18)/t10-/m1/s1. The summed E-state index contributed by atoms with van der Waals surface area (Å²) in [5.41, 5.74) is 0.559. The first-order chi connectivity index (χ1) is 9.73. The van der Waals surface area contributed by atoms with E-state index in [1.54, 1.807) is 0 Å². The zero-order valence-electron chi connectivity index (χ0n) is 10.7. The van der Waals surface area contributed by atoms with Crippen molar-refractivity contribution in [1.29, 1.82) is 5.26 Å². The van der Waals surface area contributed by atoms with Gasteiger partial charge in [0.1, 0.15) is 6.04 Å². The summed E-state index contributed by atoms with van der Waals surface area (Å²) < 4.78 is 25.5. The second kappa shape index (κ2) is 6.83. The van der Waals surface area contributed by atoms with E-state index >= 15 is 0 Å². The van der Waals surface area contributed by atoms with E-state index in [0.29, 0.717) is 5.56 Å². The van der Waals surface area contributed by atoms with Gasteiger partial charge in [-0.1, -0.05) is 12.1 Å². The van der Waals surface area contributed by atoms with Crippen molar-refractivity contribution in [3.05, 3.63) is 35.4 Å². The molecule has 112 valence electrons. The van der Waals surface area contributed by atoms with Crippen LogP contribution in [0.15, 0.2) is 24.3 Å². The minimum atomic E-state index is -4.05. The second-order valence-electron chi connectivity index (χ2n) is 4.18. The van der Waals surface area contributed by atoms with E-state index in [0.717, 1.165) is 0 Å².